The van der Waals surface area contributed by atoms with E-state index >= 15 is 0 Å². The first-order chi connectivity index (χ1) is 11.7. The summed E-state index contributed by atoms with van der Waals surface area (Å²) in [6.45, 7) is 2.44. The van der Waals surface area contributed by atoms with Crippen molar-refractivity contribution >= 4 is 5.91 Å². The predicted octanol–water partition coefficient (Wildman–Crippen LogP) is 3.35. The minimum absolute atomic E-state index is 0.00328. The summed E-state index contributed by atoms with van der Waals surface area (Å²) >= 11 is 0. The number of para-hydroxylation sites is 2. The maximum Gasteiger partial charge on any atom is 0.224 e. The normalized spacial score (nSPS) is 17.1. The van der Waals surface area contributed by atoms with Gasteiger partial charge in [-0.25, -0.2) is 0 Å². The molecule has 4 nitrogen and oxygen atoms in total. The van der Waals surface area contributed by atoms with Gasteiger partial charge in [-0.15, -0.1) is 0 Å². The van der Waals surface area contributed by atoms with Crippen molar-refractivity contribution in [2.75, 3.05) is 6.61 Å². The van der Waals surface area contributed by atoms with E-state index in [1.165, 1.54) is 5.56 Å². The van der Waals surface area contributed by atoms with Crippen molar-refractivity contribution in [3.63, 3.8) is 0 Å². The van der Waals surface area contributed by atoms with Crippen LogP contribution in [0.25, 0.3) is 0 Å². The standard InChI is InChI=1S/C20H23NO3/c1-15(11-12-16-7-3-2-4-8-16)21-20(22)13-17-14-23-18-9-5-6-10-19(18)24-17/h2-10,15,17H,11-14H2,1H3,(H,21,22)/t15-,17-/m1/s1. The van der Waals surface area contributed by atoms with Crippen molar-refractivity contribution < 1.29 is 14.3 Å². The first-order valence-corrected chi connectivity index (χ1v) is 8.42. The Morgan fingerprint density at radius 2 is 1.83 bits per heavy atom. The third-order valence-electron chi connectivity index (χ3n) is 4.10. The highest BCUT2D eigenvalue weighted by Crippen LogP contribution is 2.31. The number of carbonyl (C=O) groups excluding carboxylic acids is 1. The van der Waals surface area contributed by atoms with E-state index < -0.39 is 0 Å². The Kier molecular flexibility index (Phi) is 5.36. The van der Waals surface area contributed by atoms with E-state index in [1.807, 2.05) is 49.4 Å². The molecule has 2 aromatic carbocycles. The summed E-state index contributed by atoms with van der Waals surface area (Å²) in [5.41, 5.74) is 1.29. The second kappa shape index (κ2) is 7.86. The fraction of sp³-hybridized carbons (Fsp3) is 0.350. The van der Waals surface area contributed by atoms with E-state index in [-0.39, 0.29) is 18.1 Å². The summed E-state index contributed by atoms with van der Waals surface area (Å²) in [6, 6.07) is 18.0. The zero-order valence-corrected chi connectivity index (χ0v) is 13.9. The van der Waals surface area contributed by atoms with Crippen LogP contribution in [0.4, 0.5) is 0 Å². The van der Waals surface area contributed by atoms with Gasteiger partial charge in [-0.3, -0.25) is 4.79 Å². The van der Waals surface area contributed by atoms with E-state index in [4.69, 9.17) is 9.47 Å². The Morgan fingerprint density at radius 1 is 1.12 bits per heavy atom. The van der Waals surface area contributed by atoms with Gasteiger partial charge in [0.1, 0.15) is 12.7 Å². The molecule has 0 saturated heterocycles. The van der Waals surface area contributed by atoms with Gasteiger partial charge in [0.2, 0.25) is 5.91 Å². The van der Waals surface area contributed by atoms with Crippen LogP contribution in [0.15, 0.2) is 54.6 Å². The van der Waals surface area contributed by atoms with Gasteiger partial charge in [0.15, 0.2) is 11.5 Å². The van der Waals surface area contributed by atoms with Crippen LogP contribution in [0.3, 0.4) is 0 Å². The van der Waals surface area contributed by atoms with Gasteiger partial charge in [-0.05, 0) is 37.5 Å². The van der Waals surface area contributed by atoms with Crippen molar-refractivity contribution in [1.82, 2.24) is 5.32 Å². The van der Waals surface area contributed by atoms with Gasteiger partial charge in [0, 0.05) is 6.04 Å². The van der Waals surface area contributed by atoms with Crippen molar-refractivity contribution in [2.45, 2.75) is 38.3 Å². The molecule has 1 amide bonds. The molecule has 0 fully saturated rings. The minimum Gasteiger partial charge on any atom is -0.486 e. The number of ether oxygens (including phenoxy) is 2. The third-order valence-corrected chi connectivity index (χ3v) is 4.10. The summed E-state index contributed by atoms with van der Waals surface area (Å²) < 4.78 is 11.5. The monoisotopic (exact) mass is 325 g/mol. The number of fused-ring (bicyclic) bond motifs is 1. The molecule has 24 heavy (non-hydrogen) atoms. The number of benzene rings is 2. The van der Waals surface area contributed by atoms with E-state index in [2.05, 4.69) is 17.4 Å². The van der Waals surface area contributed by atoms with Crippen molar-refractivity contribution in [1.29, 1.82) is 0 Å². The topological polar surface area (TPSA) is 47.6 Å². The fourth-order valence-electron chi connectivity index (χ4n) is 2.80. The van der Waals surface area contributed by atoms with Gasteiger partial charge in [0.05, 0.1) is 6.42 Å². The lowest BCUT2D eigenvalue weighted by atomic mass is 10.1. The maximum absolute atomic E-state index is 12.2. The lowest BCUT2D eigenvalue weighted by Crippen LogP contribution is -2.39. The van der Waals surface area contributed by atoms with Crippen molar-refractivity contribution in [3.8, 4) is 11.5 Å². The molecule has 1 heterocycles. The molecule has 0 bridgehead atoms. The maximum atomic E-state index is 12.2. The Labute approximate surface area is 142 Å². The molecule has 1 aliphatic heterocycles. The number of nitrogens with one attached hydrogen (secondary N) is 1. The largest absolute Gasteiger partial charge is 0.486 e. The highest BCUT2D eigenvalue weighted by atomic mass is 16.6. The SMILES string of the molecule is C[C@H](CCc1ccccc1)NC(=O)C[C@@H]1COc2ccccc2O1. The van der Waals surface area contributed by atoms with Crippen LogP contribution >= 0.6 is 0 Å². The summed E-state index contributed by atoms with van der Waals surface area (Å²) in [7, 11) is 0. The number of hydrogen-bond acceptors (Lipinski definition) is 3. The summed E-state index contributed by atoms with van der Waals surface area (Å²) in [5.74, 6) is 1.45. The molecule has 2 atom stereocenters. The lowest BCUT2D eigenvalue weighted by molar-refractivity contribution is -0.124. The van der Waals surface area contributed by atoms with Crippen LogP contribution in [0.5, 0.6) is 11.5 Å². The molecule has 0 aliphatic carbocycles. The van der Waals surface area contributed by atoms with Gasteiger partial charge >= 0.3 is 0 Å². The van der Waals surface area contributed by atoms with E-state index in [9.17, 15) is 4.79 Å². The molecule has 0 aromatic heterocycles. The average molecular weight is 325 g/mol. The van der Waals surface area contributed by atoms with Gasteiger partial charge in [-0.2, -0.15) is 0 Å². The van der Waals surface area contributed by atoms with E-state index in [0.717, 1.165) is 18.6 Å². The predicted molar refractivity (Wildman–Crippen MR) is 93.3 cm³/mol. The molecular formula is C20H23NO3. The average Bonchev–Trinajstić information content (AvgIpc) is 2.60. The lowest BCUT2D eigenvalue weighted by Gasteiger charge is -2.26. The van der Waals surface area contributed by atoms with E-state index in [1.54, 1.807) is 0 Å². The van der Waals surface area contributed by atoms with Crippen molar-refractivity contribution in [2.24, 2.45) is 0 Å². The van der Waals surface area contributed by atoms with Crippen LogP contribution in [0.1, 0.15) is 25.3 Å². The zero-order valence-electron chi connectivity index (χ0n) is 13.9. The summed E-state index contributed by atoms with van der Waals surface area (Å²) in [6.07, 6.45) is 1.95. The number of carbonyl (C=O) groups is 1. The molecule has 2 aromatic rings. The number of rotatable bonds is 6. The van der Waals surface area contributed by atoms with Gasteiger partial charge in [0.25, 0.3) is 0 Å². The first kappa shape index (κ1) is 16.4. The Bertz CT molecular complexity index is 672. The molecule has 3 rings (SSSR count). The molecule has 126 valence electrons. The number of aryl methyl sites for hydroxylation is 1. The first-order valence-electron chi connectivity index (χ1n) is 8.42. The molecular weight excluding hydrogens is 302 g/mol. The highest BCUT2D eigenvalue weighted by Gasteiger charge is 2.23. The number of amides is 1. The molecule has 0 spiro atoms. The quantitative estimate of drug-likeness (QED) is 0.886. The second-order valence-electron chi connectivity index (χ2n) is 6.19. The zero-order chi connectivity index (χ0) is 16.8. The highest BCUT2D eigenvalue weighted by molar-refractivity contribution is 5.76. The minimum atomic E-state index is -0.235. The fourth-order valence-corrected chi connectivity index (χ4v) is 2.80. The Morgan fingerprint density at radius 3 is 2.62 bits per heavy atom. The number of hydrogen-bond donors (Lipinski definition) is 1. The van der Waals surface area contributed by atoms with E-state index in [0.29, 0.717) is 18.8 Å². The molecule has 1 aliphatic rings. The Balaban J connectivity index is 1.42. The molecule has 0 saturated carbocycles. The summed E-state index contributed by atoms with van der Waals surface area (Å²) in [4.78, 5) is 12.2. The smallest absolute Gasteiger partial charge is 0.224 e. The van der Waals surface area contributed by atoms with Crippen LogP contribution in [-0.2, 0) is 11.2 Å². The second-order valence-corrected chi connectivity index (χ2v) is 6.19. The molecule has 4 heteroatoms. The third kappa shape index (κ3) is 4.51. The van der Waals surface area contributed by atoms with Crippen LogP contribution in [0.2, 0.25) is 0 Å². The van der Waals surface area contributed by atoms with Crippen LogP contribution in [-0.4, -0.2) is 24.7 Å². The molecule has 0 unspecified atom stereocenters. The van der Waals surface area contributed by atoms with Gasteiger partial charge < -0.3 is 14.8 Å². The molecule has 0 radical (unpaired) electrons. The summed E-state index contributed by atoms with van der Waals surface area (Å²) in [5, 5.41) is 3.05. The van der Waals surface area contributed by atoms with Crippen molar-refractivity contribution in [3.05, 3.63) is 60.2 Å². The molecule has 1 N–H and O–H groups in total. The Hall–Kier alpha value is -2.49. The van der Waals surface area contributed by atoms with Crippen LogP contribution < -0.4 is 14.8 Å². The van der Waals surface area contributed by atoms with Gasteiger partial charge in [-0.1, -0.05) is 42.5 Å². The van der Waals surface area contributed by atoms with Crippen LogP contribution in [0, 0.1) is 0 Å².